The molecule has 0 unspecified atom stereocenters. The number of rotatable bonds is 3. The topological polar surface area (TPSA) is 78.9 Å². The Morgan fingerprint density at radius 2 is 1.62 bits per heavy atom. The highest BCUT2D eigenvalue weighted by Crippen LogP contribution is 2.15. The summed E-state index contributed by atoms with van der Waals surface area (Å²) in [6, 6.07) is 0. The monoisotopic (exact) mass is 361 g/mol. The normalized spacial score (nSPS) is 18.4. The third kappa shape index (κ3) is 4.42. The molecule has 2 aliphatic rings. The minimum absolute atomic E-state index is 0.0296. The van der Waals surface area contributed by atoms with Gasteiger partial charge in [-0.15, -0.1) is 0 Å². The molecule has 3 rings (SSSR count). The molecule has 2 saturated heterocycles. The molecule has 1 aromatic rings. The first-order chi connectivity index (χ1) is 12.7. The average molecular weight is 361 g/mol. The summed E-state index contributed by atoms with van der Waals surface area (Å²) in [4.78, 5) is 38.7. The number of hydrogen-bond donors (Lipinski definition) is 0. The maximum atomic E-state index is 12.6. The first-order valence-electron chi connectivity index (χ1n) is 9.47. The van der Waals surface area contributed by atoms with E-state index in [0.717, 1.165) is 31.7 Å². The van der Waals surface area contributed by atoms with Crippen LogP contribution in [0.3, 0.4) is 0 Å². The van der Waals surface area contributed by atoms with Gasteiger partial charge in [0.05, 0.1) is 19.0 Å². The van der Waals surface area contributed by atoms with Crippen LogP contribution < -0.4 is 4.90 Å². The van der Waals surface area contributed by atoms with Gasteiger partial charge in [0.15, 0.2) is 0 Å². The van der Waals surface area contributed by atoms with E-state index in [0.29, 0.717) is 38.5 Å². The number of carbonyl (C=O) groups excluding carboxylic acids is 2. The van der Waals surface area contributed by atoms with Crippen molar-refractivity contribution < 1.29 is 14.3 Å². The molecule has 0 bridgehead atoms. The van der Waals surface area contributed by atoms with E-state index in [4.69, 9.17) is 4.74 Å². The van der Waals surface area contributed by atoms with Crippen LogP contribution in [-0.4, -0.2) is 77.6 Å². The van der Waals surface area contributed by atoms with Crippen LogP contribution in [0.5, 0.6) is 0 Å². The lowest BCUT2D eigenvalue weighted by molar-refractivity contribution is 0.0755. The molecule has 8 nitrogen and oxygen atoms in total. The molecule has 0 spiro atoms. The van der Waals surface area contributed by atoms with Crippen molar-refractivity contribution in [1.82, 2.24) is 19.8 Å². The molecule has 0 aromatic carbocycles. The highest BCUT2D eigenvalue weighted by atomic mass is 16.6. The molecular formula is C18H27N5O3. The Balaban J connectivity index is 1.56. The van der Waals surface area contributed by atoms with Crippen LogP contribution in [0.2, 0.25) is 0 Å². The number of anilines is 1. The minimum Gasteiger partial charge on any atom is -0.450 e. The quantitative estimate of drug-likeness (QED) is 0.816. The van der Waals surface area contributed by atoms with Gasteiger partial charge in [-0.25, -0.2) is 14.8 Å². The van der Waals surface area contributed by atoms with Crippen molar-refractivity contribution in [3.63, 3.8) is 0 Å². The zero-order valence-corrected chi connectivity index (χ0v) is 15.4. The zero-order chi connectivity index (χ0) is 18.4. The van der Waals surface area contributed by atoms with Crippen LogP contribution >= 0.6 is 0 Å². The van der Waals surface area contributed by atoms with Gasteiger partial charge in [0.1, 0.15) is 11.5 Å². The second-order valence-electron chi connectivity index (χ2n) is 6.64. The molecule has 0 saturated carbocycles. The summed E-state index contributed by atoms with van der Waals surface area (Å²) in [5, 5.41) is 0. The van der Waals surface area contributed by atoms with Crippen molar-refractivity contribution >= 4 is 17.8 Å². The lowest BCUT2D eigenvalue weighted by atomic mass is 10.2. The van der Waals surface area contributed by atoms with Crippen molar-refractivity contribution in [1.29, 1.82) is 0 Å². The van der Waals surface area contributed by atoms with E-state index in [1.165, 1.54) is 12.8 Å². The van der Waals surface area contributed by atoms with Crippen LogP contribution in [0.25, 0.3) is 0 Å². The highest BCUT2D eigenvalue weighted by Gasteiger charge is 2.24. The van der Waals surface area contributed by atoms with Crippen molar-refractivity contribution in [2.24, 2.45) is 0 Å². The average Bonchev–Trinajstić information content (AvgIpc) is 2.97. The van der Waals surface area contributed by atoms with Gasteiger partial charge in [-0.1, -0.05) is 12.8 Å². The number of piperazine rings is 1. The molecule has 0 N–H and O–H groups in total. The fraction of sp³-hybridized carbons (Fsp3) is 0.667. The number of amides is 2. The molecule has 3 heterocycles. The summed E-state index contributed by atoms with van der Waals surface area (Å²) in [7, 11) is 0. The van der Waals surface area contributed by atoms with Gasteiger partial charge in [0.25, 0.3) is 5.91 Å². The second-order valence-corrected chi connectivity index (χ2v) is 6.64. The predicted molar refractivity (Wildman–Crippen MR) is 97.2 cm³/mol. The molecule has 0 aliphatic carbocycles. The van der Waals surface area contributed by atoms with Gasteiger partial charge in [0.2, 0.25) is 0 Å². The smallest absolute Gasteiger partial charge is 0.409 e. The Kier molecular flexibility index (Phi) is 6.25. The van der Waals surface area contributed by atoms with Crippen LogP contribution in [-0.2, 0) is 4.74 Å². The third-order valence-corrected chi connectivity index (χ3v) is 4.88. The highest BCUT2D eigenvalue weighted by molar-refractivity contribution is 5.92. The number of nitrogens with zero attached hydrogens (tertiary/aromatic N) is 5. The standard InChI is InChI=1S/C18H27N5O3/c1-2-26-18(25)23-11-9-21(10-12-23)16-14-19-15(13-20-16)17(24)22-7-5-3-4-6-8-22/h13-14H,2-12H2,1H3. The van der Waals surface area contributed by atoms with Crippen molar-refractivity contribution in [3.8, 4) is 0 Å². The summed E-state index contributed by atoms with van der Waals surface area (Å²) >= 11 is 0. The van der Waals surface area contributed by atoms with E-state index in [2.05, 4.69) is 14.9 Å². The first kappa shape index (κ1) is 18.4. The van der Waals surface area contributed by atoms with Crippen LogP contribution in [0.15, 0.2) is 12.4 Å². The van der Waals surface area contributed by atoms with E-state index in [1.807, 2.05) is 4.90 Å². The molecule has 2 aliphatic heterocycles. The zero-order valence-electron chi connectivity index (χ0n) is 15.4. The van der Waals surface area contributed by atoms with Crippen molar-refractivity contribution in [3.05, 3.63) is 18.1 Å². The number of likely N-dealkylation sites (tertiary alicyclic amines) is 1. The number of hydrogen-bond acceptors (Lipinski definition) is 6. The van der Waals surface area contributed by atoms with Gasteiger partial charge in [-0.3, -0.25) is 4.79 Å². The largest absolute Gasteiger partial charge is 0.450 e. The van der Waals surface area contributed by atoms with Gasteiger partial charge in [0, 0.05) is 39.3 Å². The second kappa shape index (κ2) is 8.82. The Hall–Kier alpha value is -2.38. The van der Waals surface area contributed by atoms with Gasteiger partial charge in [-0.2, -0.15) is 0 Å². The Bertz CT molecular complexity index is 606. The van der Waals surface area contributed by atoms with E-state index in [9.17, 15) is 9.59 Å². The maximum Gasteiger partial charge on any atom is 0.409 e. The minimum atomic E-state index is -0.267. The summed E-state index contributed by atoms with van der Waals surface area (Å²) in [5.41, 5.74) is 0.404. The molecule has 8 heteroatoms. The molecule has 1 aromatic heterocycles. The molecule has 2 amide bonds. The predicted octanol–water partition coefficient (Wildman–Crippen LogP) is 1.77. The SMILES string of the molecule is CCOC(=O)N1CCN(c2cnc(C(=O)N3CCCCCC3)cn2)CC1. The van der Waals surface area contributed by atoms with Crippen molar-refractivity contribution in [2.45, 2.75) is 32.6 Å². The first-order valence-corrected chi connectivity index (χ1v) is 9.47. The van der Waals surface area contributed by atoms with E-state index in [-0.39, 0.29) is 12.0 Å². The van der Waals surface area contributed by atoms with Gasteiger partial charge < -0.3 is 19.4 Å². The number of carbonyl (C=O) groups is 2. The molecule has 142 valence electrons. The van der Waals surface area contributed by atoms with E-state index >= 15 is 0 Å². The molecule has 2 fully saturated rings. The number of ether oxygens (including phenoxy) is 1. The fourth-order valence-corrected chi connectivity index (χ4v) is 3.36. The van der Waals surface area contributed by atoms with Gasteiger partial charge in [-0.05, 0) is 19.8 Å². The van der Waals surface area contributed by atoms with Crippen molar-refractivity contribution in [2.75, 3.05) is 50.8 Å². The maximum absolute atomic E-state index is 12.6. The lowest BCUT2D eigenvalue weighted by Crippen LogP contribution is -2.49. The molecular weight excluding hydrogens is 334 g/mol. The summed E-state index contributed by atoms with van der Waals surface area (Å²) in [5.74, 6) is 0.707. The molecule has 26 heavy (non-hydrogen) atoms. The van der Waals surface area contributed by atoms with Gasteiger partial charge >= 0.3 is 6.09 Å². The fourth-order valence-electron chi connectivity index (χ4n) is 3.36. The molecule has 0 radical (unpaired) electrons. The summed E-state index contributed by atoms with van der Waals surface area (Å²) in [6.07, 6.45) is 7.45. The molecule has 0 atom stereocenters. The van der Waals surface area contributed by atoms with E-state index in [1.54, 1.807) is 24.2 Å². The van der Waals surface area contributed by atoms with Crippen LogP contribution in [0.4, 0.5) is 10.6 Å². The van der Waals surface area contributed by atoms with E-state index < -0.39 is 0 Å². The number of aromatic nitrogens is 2. The Morgan fingerprint density at radius 3 is 2.19 bits per heavy atom. The Morgan fingerprint density at radius 1 is 0.923 bits per heavy atom. The summed E-state index contributed by atoms with van der Waals surface area (Å²) < 4.78 is 5.03. The summed E-state index contributed by atoms with van der Waals surface area (Å²) in [6.45, 7) is 6.33. The third-order valence-electron chi connectivity index (χ3n) is 4.88. The van der Waals surface area contributed by atoms with Crippen LogP contribution in [0, 0.1) is 0 Å². The lowest BCUT2D eigenvalue weighted by Gasteiger charge is -2.34. The Labute approximate surface area is 154 Å². The van der Waals surface area contributed by atoms with Crippen LogP contribution in [0.1, 0.15) is 43.1 Å².